The topological polar surface area (TPSA) is 20.3 Å². The fraction of sp³-hybridized carbons (Fsp3) is 0.0714. The molecule has 0 fully saturated rings. The second-order valence-corrected chi connectivity index (χ2v) is 8.51. The molecule has 1 atom stereocenters. The highest BCUT2D eigenvalue weighted by atomic mass is 35.7. The number of hydrogen-bond acceptors (Lipinski definition) is 1. The summed E-state index contributed by atoms with van der Waals surface area (Å²) in [6.07, 6.45) is 0. The second kappa shape index (κ2) is 4.44. The Bertz CT molecular complexity index is 659. The first-order valence-electron chi connectivity index (χ1n) is 5.71. The van der Waals surface area contributed by atoms with Crippen LogP contribution >= 0.6 is 31.7 Å². The fourth-order valence-electron chi connectivity index (χ4n) is 2.21. The van der Waals surface area contributed by atoms with Crippen LogP contribution in [0.3, 0.4) is 0 Å². The Labute approximate surface area is 122 Å². The van der Waals surface area contributed by atoms with Crippen LogP contribution in [0.15, 0.2) is 58.3 Å². The lowest BCUT2D eigenvalue weighted by Crippen LogP contribution is -2.20. The molecule has 1 heterocycles. The maximum atomic E-state index is 12.3. The van der Waals surface area contributed by atoms with Crippen molar-refractivity contribution in [1.82, 2.24) is 4.31 Å². The summed E-state index contributed by atoms with van der Waals surface area (Å²) in [5.41, 5.74) is 0.685. The Morgan fingerprint density at radius 1 is 1.05 bits per heavy atom. The average Bonchev–Trinajstić information content (AvgIpc) is 2.63. The molecule has 1 amide bonds. The van der Waals surface area contributed by atoms with E-state index in [1.54, 1.807) is 23.5 Å². The zero-order valence-corrected chi connectivity index (χ0v) is 12.5. The molecule has 98 valence electrons. The third kappa shape index (κ3) is 1.76. The zero-order valence-electron chi connectivity index (χ0n) is 10.1. The predicted molar refractivity (Wildman–Crippen MR) is 80.0 cm³/mol. The van der Waals surface area contributed by atoms with E-state index in [9.17, 15) is 4.79 Å². The predicted octanol–water partition coefficient (Wildman–Crippen LogP) is 4.72. The van der Waals surface area contributed by atoms with Gasteiger partial charge >= 0.3 is 0 Å². The van der Waals surface area contributed by atoms with Gasteiger partial charge in [0.25, 0.3) is 5.91 Å². The summed E-state index contributed by atoms with van der Waals surface area (Å²) >= 11 is 5.91. The second-order valence-electron chi connectivity index (χ2n) is 4.26. The van der Waals surface area contributed by atoms with E-state index in [1.165, 1.54) is 0 Å². The van der Waals surface area contributed by atoms with Crippen molar-refractivity contribution in [2.24, 2.45) is 0 Å². The van der Waals surface area contributed by atoms with E-state index in [4.69, 9.17) is 22.3 Å². The number of halogens is 2. The molecule has 0 saturated carbocycles. The molecule has 3 rings (SSSR count). The van der Waals surface area contributed by atoms with Crippen LogP contribution < -0.4 is 0 Å². The molecule has 0 spiro atoms. The maximum absolute atomic E-state index is 12.3. The Morgan fingerprint density at radius 3 is 2.37 bits per heavy atom. The maximum Gasteiger partial charge on any atom is 0.264 e. The van der Waals surface area contributed by atoms with Crippen molar-refractivity contribution in [3.05, 3.63) is 59.1 Å². The summed E-state index contributed by atoms with van der Waals surface area (Å²) in [6, 6.07) is 14.9. The van der Waals surface area contributed by atoms with Gasteiger partial charge in [0.15, 0.2) is 0 Å². The van der Waals surface area contributed by atoms with Gasteiger partial charge in [0, 0.05) is 21.9 Å². The van der Waals surface area contributed by atoms with Crippen molar-refractivity contribution < 1.29 is 4.79 Å². The van der Waals surface area contributed by atoms with Crippen LogP contribution in [0.2, 0.25) is 5.02 Å². The highest BCUT2D eigenvalue weighted by molar-refractivity contribution is 8.50. The lowest BCUT2D eigenvalue weighted by atomic mass is 10.2. The number of fused-ring (bicyclic) bond motifs is 1. The summed E-state index contributed by atoms with van der Waals surface area (Å²) in [7, 11) is 6.63. The van der Waals surface area contributed by atoms with Crippen molar-refractivity contribution in [1.29, 1.82) is 0 Å². The van der Waals surface area contributed by atoms with Crippen LogP contribution in [0.1, 0.15) is 10.4 Å². The zero-order chi connectivity index (χ0) is 13.6. The molecule has 5 heteroatoms. The largest absolute Gasteiger partial charge is 0.284 e. The van der Waals surface area contributed by atoms with Gasteiger partial charge in [-0.05, 0) is 56.5 Å². The molecule has 0 saturated heterocycles. The van der Waals surface area contributed by atoms with Gasteiger partial charge in [-0.3, -0.25) is 9.10 Å². The number of rotatable bonds is 1. The molecule has 0 N–H and O–H groups in total. The lowest BCUT2D eigenvalue weighted by Gasteiger charge is -2.35. The van der Waals surface area contributed by atoms with Gasteiger partial charge in [-0.25, -0.2) is 0 Å². The normalized spacial score (nSPS) is 25.0. The molecule has 2 aromatic rings. The molecule has 1 unspecified atom stereocenters. The van der Waals surface area contributed by atoms with Crippen LogP contribution in [0.4, 0.5) is 0 Å². The molecular formula is C14H11Cl2NOS. The third-order valence-corrected chi connectivity index (χ3v) is 7.86. The molecule has 1 aliphatic rings. The molecule has 0 aliphatic carbocycles. The van der Waals surface area contributed by atoms with Crippen molar-refractivity contribution >= 4 is 37.6 Å². The molecule has 19 heavy (non-hydrogen) atoms. The smallest absolute Gasteiger partial charge is 0.264 e. The molecule has 2 nitrogen and oxygen atoms in total. The Hall–Kier alpha value is -1.16. The van der Waals surface area contributed by atoms with Gasteiger partial charge in [-0.1, -0.05) is 23.7 Å². The molecule has 0 radical (unpaired) electrons. The number of hydrogen-bond donors (Lipinski definition) is 0. The fourth-order valence-corrected chi connectivity index (χ4v) is 5.63. The number of nitrogens with zero attached hydrogens (tertiary/aromatic N) is 1. The summed E-state index contributed by atoms with van der Waals surface area (Å²) in [5.74, 6) is -0.0319. The highest BCUT2D eigenvalue weighted by Crippen LogP contribution is 2.72. The van der Waals surface area contributed by atoms with Crippen molar-refractivity contribution in [2.75, 3.05) is 7.05 Å². The quantitative estimate of drug-likeness (QED) is 0.746. The Kier molecular flexibility index (Phi) is 3.01. The van der Waals surface area contributed by atoms with Gasteiger partial charge in [0.1, 0.15) is 0 Å². The van der Waals surface area contributed by atoms with Gasteiger partial charge in [0.05, 0.1) is 5.56 Å². The number of carbonyl (C=O) groups excluding carboxylic acids is 1. The van der Waals surface area contributed by atoms with E-state index in [0.29, 0.717) is 10.6 Å². The SMILES string of the molecule is CN1C(=O)c2ccccc2S1(Cl)c1ccc(Cl)cc1. The van der Waals surface area contributed by atoms with Gasteiger partial charge in [-0.15, -0.1) is 0 Å². The standard InChI is InChI=1S/C14H11Cl2NOS/c1-17-14(18)12-4-2-3-5-13(12)19(17,16)11-8-6-10(15)7-9-11/h2-9H,1H3. The summed E-state index contributed by atoms with van der Waals surface area (Å²) in [6.45, 7) is 0. The molecular weight excluding hydrogens is 301 g/mol. The summed E-state index contributed by atoms with van der Waals surface area (Å²) in [4.78, 5) is 14.1. The van der Waals surface area contributed by atoms with Gasteiger partial charge in [0.2, 0.25) is 0 Å². The van der Waals surface area contributed by atoms with E-state index in [1.807, 2.05) is 36.4 Å². The van der Waals surface area contributed by atoms with Crippen molar-refractivity contribution in [3.8, 4) is 0 Å². The summed E-state index contributed by atoms with van der Waals surface area (Å²) < 4.78 is 1.64. The minimum absolute atomic E-state index is 0.0319. The Morgan fingerprint density at radius 2 is 1.68 bits per heavy atom. The van der Waals surface area contributed by atoms with E-state index < -0.39 is 9.43 Å². The van der Waals surface area contributed by atoms with Gasteiger partial charge in [-0.2, -0.15) is 0 Å². The van der Waals surface area contributed by atoms with E-state index in [0.717, 1.165) is 9.79 Å². The van der Waals surface area contributed by atoms with Crippen molar-refractivity contribution in [3.63, 3.8) is 0 Å². The first kappa shape index (κ1) is 12.9. The number of benzene rings is 2. The minimum atomic E-state index is -1.99. The molecule has 1 aliphatic heterocycles. The first-order chi connectivity index (χ1) is 9.05. The van der Waals surface area contributed by atoms with Crippen LogP contribution in [-0.4, -0.2) is 17.3 Å². The average molecular weight is 312 g/mol. The first-order valence-corrected chi connectivity index (χ1v) is 8.50. The lowest BCUT2D eigenvalue weighted by molar-refractivity contribution is 0.0896. The van der Waals surface area contributed by atoms with E-state index >= 15 is 0 Å². The molecule has 2 aromatic carbocycles. The van der Waals surface area contributed by atoms with Crippen LogP contribution in [-0.2, 0) is 0 Å². The summed E-state index contributed by atoms with van der Waals surface area (Å²) in [5, 5.41) is 0.656. The monoisotopic (exact) mass is 311 g/mol. The van der Waals surface area contributed by atoms with Crippen molar-refractivity contribution in [2.45, 2.75) is 9.79 Å². The van der Waals surface area contributed by atoms with E-state index in [2.05, 4.69) is 0 Å². The van der Waals surface area contributed by atoms with Gasteiger partial charge < -0.3 is 0 Å². The van der Waals surface area contributed by atoms with Crippen LogP contribution in [0, 0.1) is 0 Å². The van der Waals surface area contributed by atoms with E-state index in [-0.39, 0.29) is 5.91 Å². The highest BCUT2D eigenvalue weighted by Gasteiger charge is 2.43. The van der Waals surface area contributed by atoms with Crippen LogP contribution in [0.5, 0.6) is 0 Å². The number of amides is 1. The molecule has 0 aromatic heterocycles. The third-order valence-electron chi connectivity index (χ3n) is 3.20. The van der Waals surface area contributed by atoms with Crippen LogP contribution in [0.25, 0.3) is 0 Å². The Balaban J connectivity index is 2.23. The molecule has 0 bridgehead atoms. The number of carbonyl (C=O) groups is 1. The minimum Gasteiger partial charge on any atom is -0.284 e.